The molecule has 0 radical (unpaired) electrons. The number of hydrogen-bond acceptors (Lipinski definition) is 6. The van der Waals surface area contributed by atoms with E-state index >= 15 is 0 Å². The van der Waals surface area contributed by atoms with Gasteiger partial charge in [-0.15, -0.1) is 0 Å². The molecule has 0 amide bonds. The van der Waals surface area contributed by atoms with Crippen LogP contribution in [0.1, 0.15) is 27.2 Å². The van der Waals surface area contributed by atoms with E-state index in [0.29, 0.717) is 5.76 Å². The van der Waals surface area contributed by atoms with Crippen LogP contribution in [0, 0.1) is 5.92 Å². The van der Waals surface area contributed by atoms with Crippen molar-refractivity contribution in [2.24, 2.45) is 5.92 Å². The predicted octanol–water partition coefficient (Wildman–Crippen LogP) is 8.32. The second kappa shape index (κ2) is 18.3. The normalized spacial score (nSPS) is 15.1. The Hall–Kier alpha value is -4.14. The highest BCUT2D eigenvalue weighted by Crippen LogP contribution is 2.24. The van der Waals surface area contributed by atoms with Crippen molar-refractivity contribution in [3.05, 3.63) is 168 Å². The summed E-state index contributed by atoms with van der Waals surface area (Å²) in [6.45, 7) is 26.9. The van der Waals surface area contributed by atoms with Crippen LogP contribution in [0.4, 0.5) is 0 Å². The van der Waals surface area contributed by atoms with Crippen molar-refractivity contribution in [2.45, 2.75) is 27.2 Å². The molecule has 0 aliphatic rings. The Balaban J connectivity index is 6.62. The lowest BCUT2D eigenvalue weighted by atomic mass is 10.1. The van der Waals surface area contributed by atoms with Gasteiger partial charge < -0.3 is 9.84 Å². The summed E-state index contributed by atoms with van der Waals surface area (Å²) < 4.78 is 58.5. The summed E-state index contributed by atoms with van der Waals surface area (Å²) >= 11 is 0. The number of hydrogen-bond donors (Lipinski definition) is 1. The van der Waals surface area contributed by atoms with E-state index in [1.165, 1.54) is 54.7 Å². The van der Waals surface area contributed by atoms with Gasteiger partial charge in [0.2, 0.25) is 19.7 Å². The van der Waals surface area contributed by atoms with Gasteiger partial charge in [-0.1, -0.05) is 96.7 Å². The van der Waals surface area contributed by atoms with Crippen molar-refractivity contribution < 1.29 is 26.7 Å². The largest absolute Gasteiger partial charge is 0.508 e. The molecule has 0 rings (SSSR count). The maximum Gasteiger partial charge on any atom is 0.206 e. The Labute approximate surface area is 246 Å². The fraction of sp³-hybridized carbons (Fsp3) is 0.152. The van der Waals surface area contributed by atoms with Crippen LogP contribution in [0.25, 0.3) is 0 Å². The maximum atomic E-state index is 13.2. The van der Waals surface area contributed by atoms with E-state index in [-0.39, 0.29) is 43.5 Å². The van der Waals surface area contributed by atoms with Crippen molar-refractivity contribution in [3.63, 3.8) is 0 Å². The lowest BCUT2D eigenvalue weighted by Gasteiger charge is -2.14. The second-order valence-corrected chi connectivity index (χ2v) is 12.3. The van der Waals surface area contributed by atoms with E-state index in [4.69, 9.17) is 4.74 Å². The number of aliphatic hydroxyl groups is 1. The third kappa shape index (κ3) is 11.5. The molecule has 41 heavy (non-hydrogen) atoms. The fourth-order valence-corrected chi connectivity index (χ4v) is 5.53. The fourth-order valence-electron chi connectivity index (χ4n) is 2.91. The Morgan fingerprint density at radius 2 is 1.22 bits per heavy atom. The van der Waals surface area contributed by atoms with Gasteiger partial charge in [-0.25, -0.2) is 16.8 Å². The van der Waals surface area contributed by atoms with Crippen LogP contribution in [-0.4, -0.2) is 21.9 Å². The Morgan fingerprint density at radius 1 is 0.683 bits per heavy atom. The summed E-state index contributed by atoms with van der Waals surface area (Å²) in [5, 5.41) is 9.56. The Kier molecular flexibility index (Phi) is 16.4. The van der Waals surface area contributed by atoms with E-state index < -0.39 is 19.7 Å². The zero-order chi connectivity index (χ0) is 31.6. The van der Waals surface area contributed by atoms with Gasteiger partial charge in [-0.2, -0.15) is 0 Å². The Morgan fingerprint density at radius 3 is 1.66 bits per heavy atom. The molecule has 0 saturated heterocycles. The molecule has 0 unspecified atom stereocenters. The minimum Gasteiger partial charge on any atom is -0.508 e. The van der Waals surface area contributed by atoms with Crippen molar-refractivity contribution in [1.29, 1.82) is 0 Å². The first kappa shape index (κ1) is 36.9. The minimum absolute atomic E-state index is 0.0437. The zero-order valence-corrected chi connectivity index (χ0v) is 25.6. The lowest BCUT2D eigenvalue weighted by molar-refractivity contribution is 0.279. The smallest absolute Gasteiger partial charge is 0.206 e. The molecule has 0 aliphatic carbocycles. The van der Waals surface area contributed by atoms with Gasteiger partial charge in [0.05, 0.1) is 14.7 Å². The van der Waals surface area contributed by atoms with Crippen LogP contribution >= 0.6 is 0 Å². The van der Waals surface area contributed by atoms with Gasteiger partial charge in [0, 0.05) is 10.8 Å². The zero-order valence-electron chi connectivity index (χ0n) is 24.0. The van der Waals surface area contributed by atoms with Crippen LogP contribution in [0.2, 0.25) is 0 Å². The van der Waals surface area contributed by atoms with Crippen molar-refractivity contribution in [3.8, 4) is 0 Å². The SMILES string of the molecule is C=C/C=C\C=C(/C=C)S(=O)(=O)/C(=C/C=C(/O/C(C=C)=C/C=C(\C=C)S(=O)(=O)/C(C=C)=C/C=C(/O)C=C)C(C)C)CC. The first-order chi connectivity index (χ1) is 19.3. The molecule has 8 heteroatoms. The molecule has 0 heterocycles. The van der Waals surface area contributed by atoms with Crippen LogP contribution in [0.3, 0.4) is 0 Å². The number of rotatable bonds is 18. The molecule has 220 valence electrons. The predicted molar refractivity (Wildman–Crippen MR) is 174 cm³/mol. The van der Waals surface area contributed by atoms with Gasteiger partial charge in [0.15, 0.2) is 0 Å². The standard InChI is InChI=1S/C33H40O6S2/c1-10-17-18-19-29(13-4)40(35,36)32(16-7)24-25-33(26(8)9)39-28(12-3)21-23-31(15-6)41(37,38)30(14-5)22-20-27(34)11-2/h10-15,17-26,34H,1-6,16H2,7-9H3/b18-17-,27-20+,28-21+,29-19+,30-22+,31-23+,32-24+,33-25+. The summed E-state index contributed by atoms with van der Waals surface area (Å²) in [5.74, 6) is 0.254. The molecule has 6 nitrogen and oxygen atoms in total. The van der Waals surface area contributed by atoms with Gasteiger partial charge in [0.1, 0.15) is 17.3 Å². The molecular formula is C33H40O6S2. The van der Waals surface area contributed by atoms with E-state index in [1.54, 1.807) is 25.2 Å². The molecule has 1 N–H and O–H groups in total. The average Bonchev–Trinajstić information content (AvgIpc) is 2.93. The first-order valence-corrected chi connectivity index (χ1v) is 15.5. The molecule has 0 aromatic carbocycles. The van der Waals surface area contributed by atoms with Gasteiger partial charge >= 0.3 is 0 Å². The number of allylic oxidation sites excluding steroid dienone is 17. The first-order valence-electron chi connectivity index (χ1n) is 12.5. The van der Waals surface area contributed by atoms with Crippen LogP contribution in [0.15, 0.2) is 168 Å². The topological polar surface area (TPSA) is 97.7 Å². The molecule has 0 aromatic heterocycles. The van der Waals surface area contributed by atoms with E-state index in [2.05, 4.69) is 39.5 Å². The maximum absolute atomic E-state index is 13.2. The molecule has 0 aliphatic heterocycles. The Bertz CT molecular complexity index is 1480. The molecular weight excluding hydrogens is 556 g/mol. The average molecular weight is 597 g/mol. The van der Waals surface area contributed by atoms with Crippen LogP contribution < -0.4 is 0 Å². The molecule has 0 fully saturated rings. The highest BCUT2D eigenvalue weighted by Gasteiger charge is 2.20. The summed E-state index contributed by atoms with van der Waals surface area (Å²) in [7, 11) is -7.83. The van der Waals surface area contributed by atoms with Crippen LogP contribution in [-0.2, 0) is 24.4 Å². The molecule has 0 aromatic rings. The number of sulfone groups is 2. The summed E-state index contributed by atoms with van der Waals surface area (Å²) in [5.41, 5.74) is 0. The van der Waals surface area contributed by atoms with E-state index in [9.17, 15) is 21.9 Å². The minimum atomic E-state index is -4.03. The van der Waals surface area contributed by atoms with E-state index in [0.717, 1.165) is 18.2 Å². The third-order valence-electron chi connectivity index (χ3n) is 5.21. The summed E-state index contributed by atoms with van der Waals surface area (Å²) in [4.78, 5) is -0.119. The van der Waals surface area contributed by atoms with Crippen LogP contribution in [0.5, 0.6) is 0 Å². The highest BCUT2D eigenvalue weighted by atomic mass is 32.2. The lowest BCUT2D eigenvalue weighted by Crippen LogP contribution is -2.06. The molecule has 0 saturated carbocycles. The van der Waals surface area contributed by atoms with E-state index in [1.807, 2.05) is 13.8 Å². The number of aliphatic hydroxyl groups excluding tert-OH is 1. The van der Waals surface area contributed by atoms with Gasteiger partial charge in [-0.05, 0) is 61.1 Å². The summed E-state index contributed by atoms with van der Waals surface area (Å²) in [6, 6.07) is 0. The van der Waals surface area contributed by atoms with Gasteiger partial charge in [0.25, 0.3) is 0 Å². The van der Waals surface area contributed by atoms with Crippen molar-refractivity contribution in [1.82, 2.24) is 0 Å². The van der Waals surface area contributed by atoms with Crippen molar-refractivity contribution >= 4 is 19.7 Å². The molecule has 0 atom stereocenters. The highest BCUT2D eigenvalue weighted by molar-refractivity contribution is 7.99. The third-order valence-corrected chi connectivity index (χ3v) is 9.10. The van der Waals surface area contributed by atoms with Crippen molar-refractivity contribution in [2.75, 3.05) is 0 Å². The molecule has 0 bridgehead atoms. The second-order valence-electron chi connectivity index (χ2n) is 8.33. The summed E-state index contributed by atoms with van der Waals surface area (Å²) in [6.07, 6.45) is 20.6. The monoisotopic (exact) mass is 596 g/mol. The number of ether oxygens (including phenoxy) is 1. The quantitative estimate of drug-likeness (QED) is 0.126. The van der Waals surface area contributed by atoms with Gasteiger partial charge in [-0.3, -0.25) is 0 Å². The molecule has 0 spiro atoms.